The molecule has 4 aliphatic rings. The molecule has 0 saturated carbocycles. The Bertz CT molecular complexity index is 1950. The van der Waals surface area contributed by atoms with E-state index in [1.807, 2.05) is 11.8 Å². The van der Waals surface area contributed by atoms with Crippen LogP contribution in [-0.2, 0) is 10.8 Å². The third-order valence-electron chi connectivity index (χ3n) is 10.0. The van der Waals surface area contributed by atoms with E-state index in [1.54, 1.807) is 0 Å². The summed E-state index contributed by atoms with van der Waals surface area (Å²) in [6, 6.07) is 35.1. The molecule has 0 bridgehead atoms. The maximum Gasteiger partial charge on any atom is 0.260 e. The molecule has 0 radical (unpaired) electrons. The number of ether oxygens (including phenoxy) is 2. The Hall–Kier alpha value is -4.09. The highest BCUT2D eigenvalue weighted by atomic mass is 32.2. The van der Waals surface area contributed by atoms with Crippen molar-refractivity contribution in [2.75, 3.05) is 4.90 Å². The number of hydrogen-bond acceptors (Lipinski definition) is 4. The molecule has 43 heavy (non-hydrogen) atoms. The molecule has 0 N–H and O–H groups in total. The second-order valence-electron chi connectivity index (χ2n) is 13.6. The first-order valence-electron chi connectivity index (χ1n) is 15.3. The van der Waals surface area contributed by atoms with E-state index < -0.39 is 0 Å². The van der Waals surface area contributed by atoms with Gasteiger partial charge in [-0.1, -0.05) is 88.0 Å². The van der Waals surface area contributed by atoms with Crippen molar-refractivity contribution >= 4 is 51.9 Å². The van der Waals surface area contributed by atoms with Crippen molar-refractivity contribution in [1.82, 2.24) is 0 Å². The fraction of sp³-hybridized carbons (Fsp3) is 0.211. The van der Waals surface area contributed by atoms with Gasteiger partial charge in [0.25, 0.3) is 6.71 Å². The van der Waals surface area contributed by atoms with Gasteiger partial charge in [-0.25, -0.2) is 0 Å². The minimum absolute atomic E-state index is 0.0379. The van der Waals surface area contributed by atoms with Crippen molar-refractivity contribution in [3.05, 3.63) is 108 Å². The van der Waals surface area contributed by atoms with Gasteiger partial charge in [0.05, 0.1) is 11.4 Å². The highest BCUT2D eigenvalue weighted by molar-refractivity contribution is 7.99. The molecule has 0 spiro atoms. The Morgan fingerprint density at radius 3 is 2.05 bits per heavy atom. The van der Waals surface area contributed by atoms with Crippen LogP contribution >= 0.6 is 11.8 Å². The van der Waals surface area contributed by atoms with Gasteiger partial charge in [0.15, 0.2) is 0 Å². The third-order valence-corrected chi connectivity index (χ3v) is 11.2. The van der Waals surface area contributed by atoms with Crippen LogP contribution < -0.4 is 30.8 Å². The van der Waals surface area contributed by atoms with Crippen molar-refractivity contribution < 1.29 is 9.47 Å². The normalized spacial score (nSPS) is 17.7. The molecule has 0 atom stereocenters. The number of rotatable bonds is 1. The molecule has 0 amide bonds. The standard InChI is InChI=1S/C38H32BNO2S/c1-37(2)20-21-38(3,4)34-24(37)17-19-26-36(34)42-30-13-9-12-29-35(30)39(26)25-18-16-23(22-31(25)41-29)40-27-10-5-7-14-32(27)43-33-15-8-6-11-28(33)40/h5-19,22H,20-21H2,1-4H3. The molecule has 3 aliphatic heterocycles. The molecule has 3 heterocycles. The molecule has 3 nitrogen and oxygen atoms in total. The average molecular weight is 578 g/mol. The summed E-state index contributed by atoms with van der Waals surface area (Å²) in [5.74, 6) is 3.75. The zero-order valence-electron chi connectivity index (χ0n) is 24.9. The minimum Gasteiger partial charge on any atom is -0.458 e. The van der Waals surface area contributed by atoms with Crippen molar-refractivity contribution in [2.45, 2.75) is 61.2 Å². The monoisotopic (exact) mass is 577 g/mol. The molecule has 0 fully saturated rings. The second kappa shape index (κ2) is 8.73. The summed E-state index contributed by atoms with van der Waals surface area (Å²) in [6.07, 6.45) is 2.32. The van der Waals surface area contributed by atoms with Gasteiger partial charge in [-0.05, 0) is 82.6 Å². The first kappa shape index (κ1) is 25.4. The van der Waals surface area contributed by atoms with Gasteiger partial charge in [0.2, 0.25) is 0 Å². The van der Waals surface area contributed by atoms with Gasteiger partial charge in [-0.15, -0.1) is 0 Å². The fourth-order valence-electron chi connectivity index (χ4n) is 7.72. The number of anilines is 3. The first-order valence-corrected chi connectivity index (χ1v) is 16.1. The van der Waals surface area contributed by atoms with Crippen LogP contribution in [0.15, 0.2) is 107 Å². The molecule has 5 heteroatoms. The number of hydrogen-bond donors (Lipinski definition) is 0. The van der Waals surface area contributed by atoms with Crippen LogP contribution in [0.1, 0.15) is 51.7 Å². The van der Waals surface area contributed by atoms with Gasteiger partial charge in [0.1, 0.15) is 23.0 Å². The lowest BCUT2D eigenvalue weighted by Gasteiger charge is -2.44. The zero-order valence-corrected chi connectivity index (χ0v) is 25.7. The highest BCUT2D eigenvalue weighted by Gasteiger charge is 2.46. The molecule has 1 aliphatic carbocycles. The predicted octanol–water partition coefficient (Wildman–Crippen LogP) is 8.70. The van der Waals surface area contributed by atoms with E-state index in [-0.39, 0.29) is 17.5 Å². The summed E-state index contributed by atoms with van der Waals surface area (Å²) < 4.78 is 13.6. The van der Waals surface area contributed by atoms with E-state index >= 15 is 0 Å². The summed E-state index contributed by atoms with van der Waals surface area (Å²) in [5, 5.41) is 0. The Labute approximate surface area is 257 Å². The number of fused-ring (bicyclic) bond motifs is 8. The fourth-order valence-corrected chi connectivity index (χ4v) is 8.78. The maximum atomic E-state index is 6.87. The maximum absolute atomic E-state index is 6.87. The largest absolute Gasteiger partial charge is 0.458 e. The van der Waals surface area contributed by atoms with Gasteiger partial charge < -0.3 is 14.4 Å². The van der Waals surface area contributed by atoms with Crippen LogP contribution in [0.3, 0.4) is 0 Å². The lowest BCUT2D eigenvalue weighted by Crippen LogP contribution is -2.58. The van der Waals surface area contributed by atoms with Crippen LogP contribution in [0.5, 0.6) is 23.0 Å². The van der Waals surface area contributed by atoms with Crippen molar-refractivity contribution in [3.8, 4) is 23.0 Å². The van der Waals surface area contributed by atoms with E-state index in [4.69, 9.17) is 9.47 Å². The van der Waals surface area contributed by atoms with Crippen LogP contribution in [0.4, 0.5) is 17.1 Å². The number of para-hydroxylation sites is 2. The van der Waals surface area contributed by atoms with Crippen LogP contribution in [0, 0.1) is 0 Å². The Balaban J connectivity index is 1.24. The van der Waals surface area contributed by atoms with E-state index in [1.165, 1.54) is 49.6 Å². The van der Waals surface area contributed by atoms with Crippen molar-refractivity contribution in [3.63, 3.8) is 0 Å². The van der Waals surface area contributed by atoms with E-state index in [0.717, 1.165) is 40.6 Å². The molecule has 0 aromatic heterocycles. The Morgan fingerprint density at radius 1 is 0.651 bits per heavy atom. The van der Waals surface area contributed by atoms with E-state index in [9.17, 15) is 0 Å². The van der Waals surface area contributed by atoms with Crippen LogP contribution in [-0.4, -0.2) is 6.71 Å². The molecule has 9 rings (SSSR count). The quantitative estimate of drug-likeness (QED) is 0.182. The Morgan fingerprint density at radius 2 is 1.30 bits per heavy atom. The van der Waals surface area contributed by atoms with E-state index in [0.29, 0.717) is 0 Å². The summed E-state index contributed by atoms with van der Waals surface area (Å²) in [7, 11) is 0. The van der Waals surface area contributed by atoms with Crippen LogP contribution in [0.2, 0.25) is 0 Å². The predicted molar refractivity (Wildman–Crippen MR) is 178 cm³/mol. The minimum atomic E-state index is 0.0379. The number of benzene rings is 5. The molecule has 5 aromatic carbocycles. The zero-order chi connectivity index (χ0) is 29.1. The summed E-state index contributed by atoms with van der Waals surface area (Å²) >= 11 is 1.83. The van der Waals surface area contributed by atoms with Gasteiger partial charge in [0, 0.05) is 32.6 Å². The van der Waals surface area contributed by atoms with Gasteiger partial charge in [-0.3, -0.25) is 0 Å². The second-order valence-corrected chi connectivity index (χ2v) is 14.7. The third kappa shape index (κ3) is 3.58. The van der Waals surface area contributed by atoms with Crippen molar-refractivity contribution in [1.29, 1.82) is 0 Å². The SMILES string of the molecule is CC1(C)CCC(C)(C)c2c1ccc1c2Oc2cccc3c2B1c1ccc(N2c4ccccc4Sc4ccccc42)cc1O3. The summed E-state index contributed by atoms with van der Waals surface area (Å²) in [6.45, 7) is 9.57. The molecule has 210 valence electrons. The highest BCUT2D eigenvalue weighted by Crippen LogP contribution is 2.53. The number of nitrogens with zero attached hydrogens (tertiary/aromatic N) is 1. The molecule has 5 aromatic rings. The molecular weight excluding hydrogens is 545 g/mol. The molecule has 0 saturated heterocycles. The molecular formula is C38H32BNO2S. The van der Waals surface area contributed by atoms with Gasteiger partial charge in [-0.2, -0.15) is 0 Å². The lowest BCUT2D eigenvalue weighted by molar-refractivity contribution is 0.320. The summed E-state index contributed by atoms with van der Waals surface area (Å²) in [4.78, 5) is 4.88. The molecule has 0 unspecified atom stereocenters. The van der Waals surface area contributed by atoms with Gasteiger partial charge >= 0.3 is 0 Å². The lowest BCUT2D eigenvalue weighted by atomic mass is 9.34. The Kier molecular flexibility index (Phi) is 5.16. The van der Waals surface area contributed by atoms with E-state index in [2.05, 4.69) is 130 Å². The van der Waals surface area contributed by atoms with Crippen molar-refractivity contribution in [2.24, 2.45) is 0 Å². The summed E-state index contributed by atoms with van der Waals surface area (Å²) in [5.41, 5.74) is 10.00. The smallest absolute Gasteiger partial charge is 0.260 e. The first-order chi connectivity index (χ1) is 20.8. The topological polar surface area (TPSA) is 21.7 Å². The van der Waals surface area contributed by atoms with Crippen LogP contribution in [0.25, 0.3) is 0 Å². The average Bonchev–Trinajstić information content (AvgIpc) is 3.01.